The van der Waals surface area contributed by atoms with E-state index in [4.69, 9.17) is 5.73 Å². The minimum absolute atomic E-state index is 0.467. The van der Waals surface area contributed by atoms with E-state index in [-0.39, 0.29) is 0 Å². The van der Waals surface area contributed by atoms with E-state index in [1.807, 2.05) is 0 Å². The molecule has 0 spiro atoms. The van der Waals surface area contributed by atoms with Gasteiger partial charge in [-0.15, -0.1) is 0 Å². The lowest BCUT2D eigenvalue weighted by Crippen LogP contribution is -2.27. The van der Waals surface area contributed by atoms with Gasteiger partial charge < -0.3 is 10.6 Å². The maximum Gasteiger partial charge on any atom is 0.0180 e. The van der Waals surface area contributed by atoms with Gasteiger partial charge in [-0.1, -0.05) is 12.8 Å². The van der Waals surface area contributed by atoms with Gasteiger partial charge in [0, 0.05) is 12.6 Å². The van der Waals surface area contributed by atoms with Crippen LogP contribution in [0.25, 0.3) is 0 Å². The van der Waals surface area contributed by atoms with Gasteiger partial charge >= 0.3 is 0 Å². The van der Waals surface area contributed by atoms with Crippen LogP contribution in [0.1, 0.15) is 25.7 Å². The van der Waals surface area contributed by atoms with Crippen LogP contribution in [0, 0.1) is 5.92 Å². The number of likely N-dealkylation sites (tertiary alicyclic amines) is 1. The second-order valence-corrected chi connectivity index (χ2v) is 4.08. The van der Waals surface area contributed by atoms with Crippen molar-refractivity contribution in [1.82, 2.24) is 4.90 Å². The predicted molar refractivity (Wildman–Crippen MR) is 46.4 cm³/mol. The molecule has 2 N–H and O–H groups in total. The summed E-state index contributed by atoms with van der Waals surface area (Å²) in [6, 6.07) is 0.467. The van der Waals surface area contributed by atoms with Gasteiger partial charge in [-0.05, 0) is 31.8 Å². The Balaban J connectivity index is 1.62. The largest absolute Gasteiger partial charge is 0.326 e. The van der Waals surface area contributed by atoms with Crippen LogP contribution in [-0.4, -0.2) is 30.6 Å². The van der Waals surface area contributed by atoms with Crippen LogP contribution in [0.5, 0.6) is 0 Å². The summed E-state index contributed by atoms with van der Waals surface area (Å²) in [5, 5.41) is 0. The Morgan fingerprint density at radius 1 is 1.27 bits per heavy atom. The first-order valence-electron chi connectivity index (χ1n) is 4.82. The molecule has 2 aliphatic rings. The van der Waals surface area contributed by atoms with Crippen molar-refractivity contribution >= 4 is 0 Å². The molecule has 1 saturated carbocycles. The minimum Gasteiger partial charge on any atom is -0.326 e. The quantitative estimate of drug-likeness (QED) is 0.652. The summed E-state index contributed by atoms with van der Waals surface area (Å²) in [7, 11) is 0. The fourth-order valence-electron chi connectivity index (χ4n) is 1.84. The van der Waals surface area contributed by atoms with Crippen molar-refractivity contribution in [3.63, 3.8) is 0 Å². The van der Waals surface area contributed by atoms with Crippen LogP contribution in [0.2, 0.25) is 0 Å². The molecule has 0 unspecified atom stereocenters. The monoisotopic (exact) mass is 154 g/mol. The molecule has 1 saturated heterocycles. The van der Waals surface area contributed by atoms with Gasteiger partial charge in [-0.2, -0.15) is 0 Å². The van der Waals surface area contributed by atoms with E-state index in [1.165, 1.54) is 38.8 Å². The van der Waals surface area contributed by atoms with Crippen molar-refractivity contribution in [1.29, 1.82) is 0 Å². The van der Waals surface area contributed by atoms with Crippen molar-refractivity contribution in [3.05, 3.63) is 0 Å². The molecule has 0 aromatic heterocycles. The second-order valence-electron chi connectivity index (χ2n) is 4.08. The highest BCUT2D eigenvalue weighted by atomic mass is 15.2. The summed E-state index contributed by atoms with van der Waals surface area (Å²) in [5.74, 6) is 1.08. The molecule has 0 radical (unpaired) electrons. The molecule has 2 fully saturated rings. The van der Waals surface area contributed by atoms with Gasteiger partial charge in [0.05, 0.1) is 0 Å². The zero-order valence-electron chi connectivity index (χ0n) is 7.13. The summed E-state index contributed by atoms with van der Waals surface area (Å²) in [6.07, 6.45) is 5.61. The first-order valence-corrected chi connectivity index (χ1v) is 4.82. The molecular formula is C9H18N2. The third kappa shape index (κ3) is 2.17. The lowest BCUT2D eigenvalue weighted by atomic mass is 10.3. The van der Waals surface area contributed by atoms with Crippen molar-refractivity contribution in [2.24, 2.45) is 11.7 Å². The molecule has 2 nitrogen and oxygen atoms in total. The Labute approximate surface area is 68.7 Å². The van der Waals surface area contributed by atoms with Gasteiger partial charge in [0.1, 0.15) is 0 Å². The average molecular weight is 154 g/mol. The summed E-state index contributed by atoms with van der Waals surface area (Å²) in [6.45, 7) is 3.69. The van der Waals surface area contributed by atoms with Crippen molar-refractivity contribution in [2.75, 3.05) is 19.6 Å². The van der Waals surface area contributed by atoms with Gasteiger partial charge in [0.25, 0.3) is 0 Å². The van der Waals surface area contributed by atoms with Crippen LogP contribution >= 0.6 is 0 Å². The number of hydrogen-bond donors (Lipinski definition) is 1. The number of rotatable bonds is 3. The smallest absolute Gasteiger partial charge is 0.0180 e. The topological polar surface area (TPSA) is 29.3 Å². The zero-order valence-corrected chi connectivity index (χ0v) is 7.13. The Morgan fingerprint density at radius 3 is 2.64 bits per heavy atom. The second kappa shape index (κ2) is 3.11. The molecule has 11 heavy (non-hydrogen) atoms. The van der Waals surface area contributed by atoms with Gasteiger partial charge in [0.15, 0.2) is 0 Å². The molecule has 1 aliphatic carbocycles. The highest BCUT2D eigenvalue weighted by Crippen LogP contribution is 2.32. The molecule has 2 rings (SSSR count). The van der Waals surface area contributed by atoms with Crippen molar-refractivity contribution in [3.8, 4) is 0 Å². The van der Waals surface area contributed by atoms with Crippen molar-refractivity contribution in [2.45, 2.75) is 31.7 Å². The summed E-state index contributed by atoms with van der Waals surface area (Å²) in [4.78, 5) is 2.52. The summed E-state index contributed by atoms with van der Waals surface area (Å²) < 4.78 is 0. The van der Waals surface area contributed by atoms with Gasteiger partial charge in [0.2, 0.25) is 0 Å². The van der Waals surface area contributed by atoms with Gasteiger partial charge in [-0.3, -0.25) is 0 Å². The SMILES string of the molecule is N[C@H]1CCN(CCC2CC2)C1. The molecule has 0 amide bonds. The lowest BCUT2D eigenvalue weighted by molar-refractivity contribution is 0.322. The fraction of sp³-hybridized carbons (Fsp3) is 1.00. The number of hydrogen-bond acceptors (Lipinski definition) is 2. The highest BCUT2D eigenvalue weighted by Gasteiger charge is 2.24. The molecule has 64 valence electrons. The Bertz CT molecular complexity index is 132. The molecule has 2 heteroatoms. The van der Waals surface area contributed by atoms with Crippen LogP contribution in [0.15, 0.2) is 0 Å². The molecule has 0 aromatic rings. The normalized spacial score (nSPS) is 33.0. The van der Waals surface area contributed by atoms with Gasteiger partial charge in [-0.25, -0.2) is 0 Å². The minimum atomic E-state index is 0.467. The average Bonchev–Trinajstić information content (AvgIpc) is 2.72. The summed E-state index contributed by atoms with van der Waals surface area (Å²) in [5.41, 5.74) is 5.81. The summed E-state index contributed by atoms with van der Waals surface area (Å²) >= 11 is 0. The predicted octanol–water partition coefficient (Wildman–Crippen LogP) is 0.819. The highest BCUT2D eigenvalue weighted by molar-refractivity contribution is 4.80. The molecule has 1 heterocycles. The van der Waals surface area contributed by atoms with E-state index in [1.54, 1.807) is 0 Å². The third-order valence-corrected chi connectivity index (χ3v) is 2.86. The number of nitrogens with zero attached hydrogens (tertiary/aromatic N) is 1. The van der Waals surface area contributed by atoms with Crippen LogP contribution in [-0.2, 0) is 0 Å². The molecular weight excluding hydrogens is 136 g/mol. The Morgan fingerprint density at radius 2 is 2.09 bits per heavy atom. The Kier molecular flexibility index (Phi) is 2.14. The molecule has 0 aromatic carbocycles. The Hall–Kier alpha value is -0.0800. The van der Waals surface area contributed by atoms with E-state index in [0.29, 0.717) is 6.04 Å². The molecule has 1 atom stereocenters. The molecule has 1 aliphatic heterocycles. The first kappa shape index (κ1) is 7.56. The van der Waals surface area contributed by atoms with E-state index < -0.39 is 0 Å². The first-order chi connectivity index (χ1) is 5.34. The molecule has 0 bridgehead atoms. The van der Waals surface area contributed by atoms with E-state index >= 15 is 0 Å². The van der Waals surface area contributed by atoms with Crippen LogP contribution in [0.3, 0.4) is 0 Å². The van der Waals surface area contributed by atoms with Crippen LogP contribution in [0.4, 0.5) is 0 Å². The van der Waals surface area contributed by atoms with E-state index in [9.17, 15) is 0 Å². The van der Waals surface area contributed by atoms with E-state index in [0.717, 1.165) is 12.5 Å². The number of nitrogens with two attached hydrogens (primary N) is 1. The van der Waals surface area contributed by atoms with Crippen LogP contribution < -0.4 is 5.73 Å². The van der Waals surface area contributed by atoms with E-state index in [2.05, 4.69) is 4.90 Å². The maximum absolute atomic E-state index is 5.81. The lowest BCUT2D eigenvalue weighted by Gasteiger charge is -2.13. The standard InChI is InChI=1S/C9H18N2/c10-9-4-6-11(7-9)5-3-8-1-2-8/h8-9H,1-7,10H2/t9-/m0/s1. The zero-order chi connectivity index (χ0) is 7.68. The van der Waals surface area contributed by atoms with Crippen molar-refractivity contribution < 1.29 is 0 Å². The fourth-order valence-corrected chi connectivity index (χ4v) is 1.84. The maximum atomic E-state index is 5.81. The third-order valence-electron chi connectivity index (χ3n) is 2.86.